The van der Waals surface area contributed by atoms with Gasteiger partial charge in [0, 0.05) is 16.7 Å². The number of carbonyl (C=O) groups excluding carboxylic acids is 1. The average molecular weight is 383 g/mol. The molecule has 0 spiro atoms. The average Bonchev–Trinajstić information content (AvgIpc) is 2.72. The number of nitrogen functional groups attached to an aromatic ring is 1. The van der Waals surface area contributed by atoms with Gasteiger partial charge in [0.2, 0.25) is 5.75 Å². The zero-order valence-corrected chi connectivity index (χ0v) is 16.4. The molecule has 3 rings (SSSR count). The largest absolute Gasteiger partial charge is 0.492 e. The molecule has 2 N–H and O–H groups in total. The number of ether oxygens (including phenoxy) is 4. The van der Waals surface area contributed by atoms with Gasteiger partial charge in [-0.3, -0.25) is 4.79 Å². The van der Waals surface area contributed by atoms with Crippen molar-refractivity contribution in [3.8, 4) is 23.0 Å². The molecule has 148 valence electrons. The van der Waals surface area contributed by atoms with Crippen LogP contribution in [-0.4, -0.2) is 32.7 Å². The standard InChI is InChI=1S/C22H25NO5/c1-4-14(20(24)15-6-8-18(26-5-2)17(23)13-15)12-16-7-9-19-22(21(16)25-3)28-11-10-27-19/h6-9,12-13H,4-5,10-11,23H2,1-3H3/b14-12+. The molecule has 0 atom stereocenters. The van der Waals surface area contributed by atoms with E-state index in [1.165, 1.54) is 0 Å². The summed E-state index contributed by atoms with van der Waals surface area (Å²) in [5.74, 6) is 2.26. The number of hydrogen-bond acceptors (Lipinski definition) is 6. The smallest absolute Gasteiger partial charge is 0.204 e. The molecule has 6 nitrogen and oxygen atoms in total. The molecule has 6 heteroatoms. The zero-order chi connectivity index (χ0) is 20.1. The van der Waals surface area contributed by atoms with Gasteiger partial charge in [0.15, 0.2) is 17.3 Å². The molecule has 2 aromatic carbocycles. The van der Waals surface area contributed by atoms with Gasteiger partial charge in [0.1, 0.15) is 19.0 Å². The van der Waals surface area contributed by atoms with Crippen LogP contribution in [-0.2, 0) is 0 Å². The summed E-state index contributed by atoms with van der Waals surface area (Å²) in [7, 11) is 1.57. The molecule has 0 radical (unpaired) electrons. The SMILES string of the molecule is CCOc1ccc(C(=O)/C(=C/c2ccc3c(c2OC)OCCO3)CC)cc1N. The summed E-state index contributed by atoms with van der Waals surface area (Å²) in [6.45, 7) is 5.30. The monoisotopic (exact) mass is 383 g/mol. The third-order valence-electron chi connectivity index (χ3n) is 4.47. The van der Waals surface area contributed by atoms with Gasteiger partial charge in [0.25, 0.3) is 0 Å². The topological polar surface area (TPSA) is 80.0 Å². The van der Waals surface area contributed by atoms with Crippen molar-refractivity contribution in [2.24, 2.45) is 0 Å². The summed E-state index contributed by atoms with van der Waals surface area (Å²) < 4.78 is 22.3. The van der Waals surface area contributed by atoms with Crippen LogP contribution in [0.2, 0.25) is 0 Å². The maximum Gasteiger partial charge on any atom is 0.204 e. The Morgan fingerprint density at radius 3 is 2.64 bits per heavy atom. The molecular weight excluding hydrogens is 358 g/mol. The lowest BCUT2D eigenvalue weighted by atomic mass is 9.98. The van der Waals surface area contributed by atoms with Crippen LogP contribution in [0.5, 0.6) is 23.0 Å². The van der Waals surface area contributed by atoms with Crippen LogP contribution in [0.25, 0.3) is 6.08 Å². The number of Topliss-reactive ketones (excluding diaryl/α,β-unsaturated/α-hetero) is 1. The summed E-state index contributed by atoms with van der Waals surface area (Å²) >= 11 is 0. The molecule has 0 bridgehead atoms. The number of anilines is 1. The van der Waals surface area contributed by atoms with Crippen LogP contribution < -0.4 is 24.7 Å². The van der Waals surface area contributed by atoms with Gasteiger partial charge in [-0.2, -0.15) is 0 Å². The van der Waals surface area contributed by atoms with Crippen molar-refractivity contribution in [2.75, 3.05) is 32.7 Å². The number of nitrogens with two attached hydrogens (primary N) is 1. The first-order chi connectivity index (χ1) is 13.6. The minimum absolute atomic E-state index is 0.0887. The van der Waals surface area contributed by atoms with E-state index in [1.54, 1.807) is 25.3 Å². The van der Waals surface area contributed by atoms with E-state index < -0.39 is 0 Å². The van der Waals surface area contributed by atoms with Gasteiger partial charge in [-0.15, -0.1) is 0 Å². The molecule has 1 heterocycles. The van der Waals surface area contributed by atoms with Gasteiger partial charge >= 0.3 is 0 Å². The summed E-state index contributed by atoms with van der Waals surface area (Å²) in [5.41, 5.74) is 8.38. The van der Waals surface area contributed by atoms with E-state index in [0.29, 0.717) is 66.1 Å². The second-order valence-corrected chi connectivity index (χ2v) is 6.25. The van der Waals surface area contributed by atoms with E-state index in [0.717, 1.165) is 5.56 Å². The molecule has 0 aromatic heterocycles. The Morgan fingerprint density at radius 1 is 1.18 bits per heavy atom. The highest BCUT2D eigenvalue weighted by atomic mass is 16.6. The highest BCUT2D eigenvalue weighted by Gasteiger charge is 2.21. The highest BCUT2D eigenvalue weighted by Crippen LogP contribution is 2.42. The van der Waals surface area contributed by atoms with Crippen LogP contribution in [0, 0.1) is 0 Å². The Bertz CT molecular complexity index is 904. The quantitative estimate of drug-likeness (QED) is 0.440. The fraction of sp³-hybridized carbons (Fsp3) is 0.318. The summed E-state index contributed by atoms with van der Waals surface area (Å²) in [5, 5.41) is 0. The van der Waals surface area contributed by atoms with Gasteiger partial charge in [-0.25, -0.2) is 0 Å². The number of allylic oxidation sites excluding steroid dienone is 1. The molecule has 1 aliphatic rings. The highest BCUT2D eigenvalue weighted by molar-refractivity contribution is 6.12. The molecule has 0 saturated heterocycles. The Balaban J connectivity index is 1.96. The first-order valence-electron chi connectivity index (χ1n) is 9.33. The van der Waals surface area contributed by atoms with E-state index in [2.05, 4.69) is 0 Å². The fourth-order valence-corrected chi connectivity index (χ4v) is 3.11. The number of benzene rings is 2. The van der Waals surface area contributed by atoms with Crippen molar-refractivity contribution < 1.29 is 23.7 Å². The molecule has 0 aliphatic carbocycles. The van der Waals surface area contributed by atoms with Crippen molar-refractivity contribution in [1.29, 1.82) is 0 Å². The number of carbonyl (C=O) groups is 1. The van der Waals surface area contributed by atoms with E-state index in [1.807, 2.05) is 32.1 Å². The Kier molecular flexibility index (Phi) is 6.09. The van der Waals surface area contributed by atoms with Crippen LogP contribution in [0.3, 0.4) is 0 Å². The summed E-state index contributed by atoms with van der Waals surface area (Å²) in [6.07, 6.45) is 2.38. The lowest BCUT2D eigenvalue weighted by Crippen LogP contribution is -2.16. The predicted octanol–water partition coefficient (Wildman–Crippen LogP) is 4.12. The maximum atomic E-state index is 13.0. The summed E-state index contributed by atoms with van der Waals surface area (Å²) in [4.78, 5) is 13.0. The normalized spacial score (nSPS) is 13.2. The van der Waals surface area contributed by atoms with E-state index >= 15 is 0 Å². The lowest BCUT2D eigenvalue weighted by Gasteiger charge is -2.21. The van der Waals surface area contributed by atoms with E-state index in [-0.39, 0.29) is 5.78 Å². The molecule has 0 unspecified atom stereocenters. The molecular formula is C22H25NO5. The van der Waals surface area contributed by atoms with Gasteiger partial charge in [-0.1, -0.05) is 6.92 Å². The molecule has 0 saturated carbocycles. The third kappa shape index (κ3) is 3.91. The first-order valence-corrected chi connectivity index (χ1v) is 9.33. The number of hydrogen-bond donors (Lipinski definition) is 1. The Morgan fingerprint density at radius 2 is 1.96 bits per heavy atom. The lowest BCUT2D eigenvalue weighted by molar-refractivity contribution is 0.103. The van der Waals surface area contributed by atoms with Crippen LogP contribution in [0.1, 0.15) is 36.2 Å². The van der Waals surface area contributed by atoms with Gasteiger partial charge < -0.3 is 24.7 Å². The van der Waals surface area contributed by atoms with Crippen molar-refractivity contribution in [3.05, 3.63) is 47.0 Å². The number of rotatable bonds is 7. The van der Waals surface area contributed by atoms with Crippen molar-refractivity contribution >= 4 is 17.5 Å². The fourth-order valence-electron chi connectivity index (χ4n) is 3.11. The zero-order valence-electron chi connectivity index (χ0n) is 16.4. The minimum Gasteiger partial charge on any atom is -0.492 e. The molecule has 28 heavy (non-hydrogen) atoms. The third-order valence-corrected chi connectivity index (χ3v) is 4.47. The van der Waals surface area contributed by atoms with Crippen molar-refractivity contribution in [3.63, 3.8) is 0 Å². The Hall–Kier alpha value is -3.15. The minimum atomic E-state index is -0.0887. The van der Waals surface area contributed by atoms with Gasteiger partial charge in [-0.05, 0) is 49.8 Å². The number of methoxy groups -OCH3 is 1. The van der Waals surface area contributed by atoms with Crippen LogP contribution in [0.15, 0.2) is 35.9 Å². The number of ketones is 1. The molecule has 2 aromatic rings. The molecule has 1 aliphatic heterocycles. The Labute approximate surface area is 164 Å². The molecule has 0 fully saturated rings. The summed E-state index contributed by atoms with van der Waals surface area (Å²) in [6, 6.07) is 8.80. The number of fused-ring (bicyclic) bond motifs is 1. The van der Waals surface area contributed by atoms with Crippen LogP contribution >= 0.6 is 0 Å². The van der Waals surface area contributed by atoms with Crippen molar-refractivity contribution in [2.45, 2.75) is 20.3 Å². The van der Waals surface area contributed by atoms with Crippen molar-refractivity contribution in [1.82, 2.24) is 0 Å². The maximum absolute atomic E-state index is 13.0. The molecule has 0 amide bonds. The van der Waals surface area contributed by atoms with E-state index in [4.69, 9.17) is 24.7 Å². The second-order valence-electron chi connectivity index (χ2n) is 6.25. The van der Waals surface area contributed by atoms with Gasteiger partial charge in [0.05, 0.1) is 19.4 Å². The first kappa shape index (κ1) is 19.6. The van der Waals surface area contributed by atoms with E-state index in [9.17, 15) is 4.79 Å². The van der Waals surface area contributed by atoms with Crippen LogP contribution in [0.4, 0.5) is 5.69 Å². The second kappa shape index (κ2) is 8.69. The predicted molar refractivity (Wildman–Crippen MR) is 109 cm³/mol.